The van der Waals surface area contributed by atoms with E-state index in [4.69, 9.17) is 4.99 Å². The van der Waals surface area contributed by atoms with Crippen molar-refractivity contribution >= 4 is 23.0 Å². The first-order valence-electron chi connectivity index (χ1n) is 9.73. The number of benzene rings is 1. The van der Waals surface area contributed by atoms with Crippen molar-refractivity contribution in [3.05, 3.63) is 52.5 Å². The third-order valence-electron chi connectivity index (χ3n) is 4.99. The average molecular weight is 389 g/mol. The maximum Gasteiger partial charge on any atom is 0.191 e. The molecule has 1 saturated heterocycles. The van der Waals surface area contributed by atoms with Crippen LogP contribution in [0.5, 0.6) is 0 Å². The summed E-state index contributed by atoms with van der Waals surface area (Å²) >= 11 is 1.73. The van der Waals surface area contributed by atoms with E-state index in [1.54, 1.807) is 23.5 Å². The van der Waals surface area contributed by atoms with Crippen molar-refractivity contribution in [3.8, 4) is 0 Å². The van der Waals surface area contributed by atoms with Crippen molar-refractivity contribution in [2.45, 2.75) is 38.6 Å². The third kappa shape index (κ3) is 5.70. The molecule has 1 atom stereocenters. The van der Waals surface area contributed by atoms with Crippen LogP contribution in [0.4, 0.5) is 10.1 Å². The van der Waals surface area contributed by atoms with E-state index in [1.165, 1.54) is 11.6 Å². The summed E-state index contributed by atoms with van der Waals surface area (Å²) in [4.78, 5) is 7.04. The van der Waals surface area contributed by atoms with Crippen LogP contribution in [0.2, 0.25) is 0 Å². The van der Waals surface area contributed by atoms with Crippen LogP contribution in [0.15, 0.2) is 46.1 Å². The SMILES string of the molecule is CCNC(=NCC(C)c1ccsc1)NC1CCN(c2cccc(F)c2)CC1. The largest absolute Gasteiger partial charge is 0.371 e. The minimum atomic E-state index is -0.172. The van der Waals surface area contributed by atoms with Gasteiger partial charge in [0.1, 0.15) is 5.82 Å². The molecule has 27 heavy (non-hydrogen) atoms. The third-order valence-corrected chi connectivity index (χ3v) is 5.69. The first-order valence-corrected chi connectivity index (χ1v) is 10.7. The van der Waals surface area contributed by atoms with Crippen LogP contribution in [-0.4, -0.2) is 38.2 Å². The molecule has 6 heteroatoms. The second kappa shape index (κ2) is 9.74. The van der Waals surface area contributed by atoms with Gasteiger partial charge in [-0.1, -0.05) is 13.0 Å². The minimum Gasteiger partial charge on any atom is -0.371 e. The van der Waals surface area contributed by atoms with Gasteiger partial charge in [0, 0.05) is 43.8 Å². The fourth-order valence-electron chi connectivity index (χ4n) is 3.36. The number of piperidine rings is 1. The van der Waals surface area contributed by atoms with E-state index in [2.05, 4.69) is 46.2 Å². The van der Waals surface area contributed by atoms with Gasteiger partial charge in [-0.15, -0.1) is 0 Å². The molecule has 2 aromatic rings. The molecule has 2 N–H and O–H groups in total. The van der Waals surface area contributed by atoms with Crippen molar-refractivity contribution in [1.82, 2.24) is 10.6 Å². The highest BCUT2D eigenvalue weighted by Crippen LogP contribution is 2.21. The summed E-state index contributed by atoms with van der Waals surface area (Å²) < 4.78 is 13.4. The number of rotatable bonds is 6. The van der Waals surface area contributed by atoms with Crippen LogP contribution in [0.1, 0.15) is 38.2 Å². The van der Waals surface area contributed by atoms with Crippen molar-refractivity contribution in [3.63, 3.8) is 0 Å². The topological polar surface area (TPSA) is 39.7 Å². The van der Waals surface area contributed by atoms with Gasteiger partial charge >= 0.3 is 0 Å². The second-order valence-electron chi connectivity index (χ2n) is 7.06. The number of aliphatic imine (C=N–C) groups is 1. The minimum absolute atomic E-state index is 0.172. The molecule has 0 saturated carbocycles. The van der Waals surface area contributed by atoms with Crippen molar-refractivity contribution in [1.29, 1.82) is 0 Å². The van der Waals surface area contributed by atoms with E-state index in [9.17, 15) is 4.39 Å². The maximum absolute atomic E-state index is 13.4. The molecule has 0 bridgehead atoms. The van der Waals surface area contributed by atoms with Crippen LogP contribution >= 0.6 is 11.3 Å². The Kier molecular flexibility index (Phi) is 7.10. The fourth-order valence-corrected chi connectivity index (χ4v) is 4.14. The predicted octanol–water partition coefficient (Wildman–Crippen LogP) is 4.21. The molecule has 4 nitrogen and oxygen atoms in total. The van der Waals surface area contributed by atoms with Gasteiger partial charge in [-0.3, -0.25) is 4.99 Å². The summed E-state index contributed by atoms with van der Waals surface area (Å²) in [5, 5.41) is 11.3. The van der Waals surface area contributed by atoms with Crippen molar-refractivity contribution in [2.75, 3.05) is 31.1 Å². The van der Waals surface area contributed by atoms with Gasteiger partial charge in [0.25, 0.3) is 0 Å². The smallest absolute Gasteiger partial charge is 0.191 e. The Labute approximate surface area is 165 Å². The van der Waals surface area contributed by atoms with Crippen LogP contribution in [-0.2, 0) is 0 Å². The summed E-state index contributed by atoms with van der Waals surface area (Å²) in [7, 11) is 0. The summed E-state index contributed by atoms with van der Waals surface area (Å²) in [5.74, 6) is 1.14. The Hall–Kier alpha value is -2.08. The molecule has 1 unspecified atom stereocenters. The zero-order valence-corrected chi connectivity index (χ0v) is 16.9. The highest BCUT2D eigenvalue weighted by Gasteiger charge is 2.20. The standard InChI is InChI=1S/C21H29FN4S/c1-3-23-21(24-14-16(2)17-9-12-27-15-17)25-19-7-10-26(11-8-19)20-6-4-5-18(22)13-20/h4-6,9,12-13,15-16,19H,3,7-8,10-11,14H2,1-2H3,(H2,23,24,25). The molecule has 2 heterocycles. The Bertz CT molecular complexity index is 724. The van der Waals surface area contributed by atoms with Gasteiger partial charge in [-0.2, -0.15) is 11.3 Å². The molecule has 1 fully saturated rings. The number of nitrogens with one attached hydrogen (secondary N) is 2. The molecule has 1 aliphatic rings. The molecule has 0 amide bonds. The monoisotopic (exact) mass is 388 g/mol. The molecular weight excluding hydrogens is 359 g/mol. The number of hydrogen-bond acceptors (Lipinski definition) is 3. The van der Waals surface area contributed by atoms with E-state index in [-0.39, 0.29) is 5.82 Å². The first-order chi connectivity index (χ1) is 13.2. The Morgan fingerprint density at radius 3 is 2.81 bits per heavy atom. The zero-order valence-electron chi connectivity index (χ0n) is 16.1. The lowest BCUT2D eigenvalue weighted by molar-refractivity contribution is 0.461. The number of guanidine groups is 1. The average Bonchev–Trinajstić information content (AvgIpc) is 3.21. The van der Waals surface area contributed by atoms with Gasteiger partial charge < -0.3 is 15.5 Å². The van der Waals surface area contributed by atoms with Gasteiger partial charge in [0.05, 0.1) is 0 Å². The van der Waals surface area contributed by atoms with Crippen LogP contribution in [0.3, 0.4) is 0 Å². The maximum atomic E-state index is 13.4. The van der Waals surface area contributed by atoms with E-state index in [1.807, 2.05) is 6.07 Å². The molecule has 146 valence electrons. The summed E-state index contributed by atoms with van der Waals surface area (Å²) in [5.41, 5.74) is 2.32. The number of nitrogens with zero attached hydrogens (tertiary/aromatic N) is 2. The van der Waals surface area contributed by atoms with Crippen LogP contribution in [0.25, 0.3) is 0 Å². The van der Waals surface area contributed by atoms with Crippen LogP contribution < -0.4 is 15.5 Å². The Morgan fingerprint density at radius 2 is 2.15 bits per heavy atom. The van der Waals surface area contributed by atoms with Gasteiger partial charge in [-0.05, 0) is 60.4 Å². The molecular formula is C21H29FN4S. The van der Waals surface area contributed by atoms with Crippen molar-refractivity contribution in [2.24, 2.45) is 4.99 Å². The Balaban J connectivity index is 1.52. The van der Waals surface area contributed by atoms with E-state index in [0.29, 0.717) is 12.0 Å². The first kappa shape index (κ1) is 19.7. The number of anilines is 1. The lowest BCUT2D eigenvalue weighted by Crippen LogP contribution is -2.48. The van der Waals surface area contributed by atoms with Gasteiger partial charge in [-0.25, -0.2) is 4.39 Å². The Morgan fingerprint density at radius 1 is 1.33 bits per heavy atom. The van der Waals surface area contributed by atoms with E-state index in [0.717, 1.165) is 50.7 Å². The molecule has 1 aromatic heterocycles. The summed E-state index contributed by atoms with van der Waals surface area (Å²) in [6.07, 6.45) is 2.03. The number of halogens is 1. The highest BCUT2D eigenvalue weighted by molar-refractivity contribution is 7.07. The zero-order chi connectivity index (χ0) is 19.1. The normalized spacial score (nSPS) is 17.0. The molecule has 1 aromatic carbocycles. The molecule has 0 aliphatic carbocycles. The fraction of sp³-hybridized carbons (Fsp3) is 0.476. The lowest BCUT2D eigenvalue weighted by Gasteiger charge is -2.34. The summed E-state index contributed by atoms with van der Waals surface area (Å²) in [6.45, 7) is 7.77. The molecule has 0 spiro atoms. The molecule has 3 rings (SSSR count). The second-order valence-corrected chi connectivity index (χ2v) is 7.84. The number of thiophene rings is 1. The molecule has 0 radical (unpaired) electrons. The summed E-state index contributed by atoms with van der Waals surface area (Å²) in [6, 6.07) is 9.43. The molecule has 1 aliphatic heterocycles. The van der Waals surface area contributed by atoms with Gasteiger partial charge in [0.15, 0.2) is 5.96 Å². The quantitative estimate of drug-likeness (QED) is 0.575. The highest BCUT2D eigenvalue weighted by atomic mass is 32.1. The van der Waals surface area contributed by atoms with Crippen LogP contribution in [0, 0.1) is 5.82 Å². The van der Waals surface area contributed by atoms with Gasteiger partial charge in [0.2, 0.25) is 0 Å². The lowest BCUT2D eigenvalue weighted by atomic mass is 10.0. The van der Waals surface area contributed by atoms with E-state index < -0.39 is 0 Å². The predicted molar refractivity (Wildman–Crippen MR) is 113 cm³/mol. The van der Waals surface area contributed by atoms with E-state index >= 15 is 0 Å². The van der Waals surface area contributed by atoms with Crippen molar-refractivity contribution < 1.29 is 4.39 Å². The number of hydrogen-bond donors (Lipinski definition) is 2.